The lowest BCUT2D eigenvalue weighted by atomic mass is 10.0. The maximum atomic E-state index is 10.7. The highest BCUT2D eigenvalue weighted by Gasteiger charge is 2.21. The maximum Gasteiger partial charge on any atom is 0.243 e. The molecule has 6 nitrogen and oxygen atoms in total. The monoisotopic (exact) mass is 383 g/mol. The van der Waals surface area contributed by atoms with Crippen LogP contribution in [0.3, 0.4) is 0 Å². The van der Waals surface area contributed by atoms with Crippen molar-refractivity contribution in [2.45, 2.75) is 38.6 Å². The van der Waals surface area contributed by atoms with E-state index in [1.54, 1.807) is 11.3 Å². The Balaban J connectivity index is 1.69. The highest BCUT2D eigenvalue weighted by molar-refractivity contribution is 7.17. The number of phenolic OH excluding ortho intramolecular Hbond substituents is 1. The fraction of sp³-hybridized carbons (Fsp3) is 0.450. The van der Waals surface area contributed by atoms with Gasteiger partial charge in [-0.25, -0.2) is 4.98 Å². The summed E-state index contributed by atoms with van der Waals surface area (Å²) in [5.41, 5.74) is 2.19. The number of aromatic nitrogens is 3. The van der Waals surface area contributed by atoms with Crippen LogP contribution in [0.4, 0.5) is 5.95 Å². The van der Waals surface area contributed by atoms with Gasteiger partial charge < -0.3 is 15.3 Å². The van der Waals surface area contributed by atoms with Gasteiger partial charge in [0.1, 0.15) is 11.4 Å². The van der Waals surface area contributed by atoms with E-state index in [1.165, 1.54) is 6.42 Å². The number of aromatic hydroxyl groups is 1. The number of phenols is 1. The molecule has 7 heteroatoms. The summed E-state index contributed by atoms with van der Waals surface area (Å²) < 4.78 is 1.06. The summed E-state index contributed by atoms with van der Waals surface area (Å²) >= 11 is 1.61. The number of rotatable bonds is 4. The van der Waals surface area contributed by atoms with Crippen LogP contribution in [-0.4, -0.2) is 51.4 Å². The highest BCUT2D eigenvalue weighted by Crippen LogP contribution is 2.39. The second-order valence-corrected chi connectivity index (χ2v) is 8.51. The summed E-state index contributed by atoms with van der Waals surface area (Å²) in [6, 6.07) is 6.20. The summed E-state index contributed by atoms with van der Waals surface area (Å²) in [7, 11) is 2.14. The van der Waals surface area contributed by atoms with Crippen LogP contribution in [0.2, 0.25) is 0 Å². The second kappa shape index (κ2) is 7.40. The van der Waals surface area contributed by atoms with Crippen molar-refractivity contribution in [3.8, 4) is 17.0 Å². The van der Waals surface area contributed by atoms with Crippen LogP contribution in [0.5, 0.6) is 5.75 Å². The first-order valence-electron chi connectivity index (χ1n) is 9.42. The second-order valence-electron chi connectivity index (χ2n) is 7.56. The van der Waals surface area contributed by atoms with Gasteiger partial charge in [0.2, 0.25) is 5.95 Å². The van der Waals surface area contributed by atoms with Crippen molar-refractivity contribution in [3.05, 3.63) is 29.3 Å². The molecule has 1 aromatic carbocycles. The van der Waals surface area contributed by atoms with E-state index in [0.717, 1.165) is 35.3 Å². The van der Waals surface area contributed by atoms with Gasteiger partial charge in [-0.1, -0.05) is 13.8 Å². The Kier molecular flexibility index (Phi) is 4.97. The molecule has 1 aliphatic rings. The molecular formula is C20H25N5OS. The molecule has 1 saturated heterocycles. The minimum absolute atomic E-state index is 0.169. The lowest BCUT2D eigenvalue weighted by molar-refractivity contribution is 0.260. The van der Waals surface area contributed by atoms with Crippen molar-refractivity contribution in [1.82, 2.24) is 20.1 Å². The molecule has 1 aliphatic heterocycles. The fourth-order valence-electron chi connectivity index (χ4n) is 3.68. The molecule has 0 radical (unpaired) electrons. The van der Waals surface area contributed by atoms with E-state index >= 15 is 0 Å². The van der Waals surface area contributed by atoms with Crippen LogP contribution in [0.1, 0.15) is 38.3 Å². The molecule has 1 fully saturated rings. The Labute approximate surface area is 163 Å². The Hall–Kier alpha value is -2.25. The van der Waals surface area contributed by atoms with Crippen LogP contribution in [0, 0.1) is 0 Å². The first kappa shape index (κ1) is 18.1. The molecule has 2 N–H and O–H groups in total. The molecular weight excluding hydrogens is 358 g/mol. The van der Waals surface area contributed by atoms with Crippen LogP contribution >= 0.6 is 11.3 Å². The summed E-state index contributed by atoms with van der Waals surface area (Å²) in [6.45, 7) is 6.30. The normalized spacial score (nSPS) is 18.3. The Morgan fingerprint density at radius 2 is 2.11 bits per heavy atom. The predicted octanol–water partition coefficient (Wildman–Crippen LogP) is 4.09. The largest absolute Gasteiger partial charge is 0.507 e. The zero-order chi connectivity index (χ0) is 19.0. The molecule has 142 valence electrons. The lowest BCUT2D eigenvalue weighted by Crippen LogP contribution is -2.40. The van der Waals surface area contributed by atoms with Gasteiger partial charge in [0, 0.05) is 28.2 Å². The number of likely N-dealkylation sites (tertiary alicyclic amines) is 1. The minimum atomic E-state index is 0.169. The number of nitrogens with zero attached hydrogens (tertiary/aromatic N) is 4. The van der Waals surface area contributed by atoms with Gasteiger partial charge in [0.15, 0.2) is 0 Å². The van der Waals surface area contributed by atoms with Crippen LogP contribution in [0.15, 0.2) is 23.6 Å². The van der Waals surface area contributed by atoms with Crippen molar-refractivity contribution in [3.63, 3.8) is 0 Å². The van der Waals surface area contributed by atoms with Crippen molar-refractivity contribution in [2.24, 2.45) is 0 Å². The number of piperidine rings is 1. The number of anilines is 1. The first-order chi connectivity index (χ1) is 13.0. The van der Waals surface area contributed by atoms with E-state index in [4.69, 9.17) is 4.98 Å². The van der Waals surface area contributed by atoms with Gasteiger partial charge in [0.05, 0.1) is 5.69 Å². The summed E-state index contributed by atoms with van der Waals surface area (Å²) in [6.07, 6.45) is 2.29. The predicted molar refractivity (Wildman–Crippen MR) is 111 cm³/mol. The Bertz CT molecular complexity index is 955. The number of hydrogen-bond donors (Lipinski definition) is 2. The molecule has 0 amide bonds. The number of benzene rings is 1. The third-order valence-electron chi connectivity index (χ3n) is 5.08. The maximum absolute atomic E-state index is 10.7. The first-order valence-corrected chi connectivity index (χ1v) is 10.3. The van der Waals surface area contributed by atoms with Crippen molar-refractivity contribution >= 4 is 27.4 Å². The van der Waals surface area contributed by atoms with Gasteiger partial charge >= 0.3 is 0 Å². The molecule has 0 unspecified atom stereocenters. The lowest BCUT2D eigenvalue weighted by Gasteiger charge is -2.30. The van der Waals surface area contributed by atoms with E-state index in [-0.39, 0.29) is 11.7 Å². The fourth-order valence-corrected chi connectivity index (χ4v) is 4.47. The van der Waals surface area contributed by atoms with E-state index in [1.807, 2.05) is 23.6 Å². The average Bonchev–Trinajstić information content (AvgIpc) is 3.12. The molecule has 2 aromatic heterocycles. The molecule has 4 rings (SSSR count). The number of thiophene rings is 1. The van der Waals surface area contributed by atoms with E-state index < -0.39 is 0 Å². The number of hydrogen-bond acceptors (Lipinski definition) is 7. The van der Waals surface area contributed by atoms with Crippen LogP contribution < -0.4 is 5.32 Å². The number of likely N-dealkylation sites (N-methyl/N-ethyl adjacent to an activating group) is 1. The van der Waals surface area contributed by atoms with Gasteiger partial charge in [-0.15, -0.1) is 21.5 Å². The molecule has 0 aliphatic carbocycles. The molecule has 0 spiro atoms. The summed E-state index contributed by atoms with van der Waals surface area (Å²) in [4.78, 5) is 7.08. The molecule has 27 heavy (non-hydrogen) atoms. The number of fused-ring (bicyclic) bond motifs is 1. The zero-order valence-electron chi connectivity index (χ0n) is 15.9. The molecule has 0 bridgehead atoms. The van der Waals surface area contributed by atoms with Crippen LogP contribution in [-0.2, 0) is 0 Å². The smallest absolute Gasteiger partial charge is 0.243 e. The molecule has 1 atom stereocenters. The number of nitrogens with one attached hydrogen (secondary N) is 1. The van der Waals surface area contributed by atoms with Gasteiger partial charge in [-0.2, -0.15) is 0 Å². The summed E-state index contributed by atoms with van der Waals surface area (Å²) in [5.74, 6) is 0.989. The van der Waals surface area contributed by atoms with Crippen molar-refractivity contribution in [2.75, 3.05) is 25.5 Å². The van der Waals surface area contributed by atoms with E-state index in [0.29, 0.717) is 23.2 Å². The SMILES string of the molecule is CC(C)c1nc(N[C@@H]2CCCN(C)C2)nnc1-c1ccc2sccc2c1O. The third-order valence-corrected chi connectivity index (χ3v) is 5.96. The molecule has 0 saturated carbocycles. The van der Waals surface area contributed by atoms with E-state index in [9.17, 15) is 5.11 Å². The van der Waals surface area contributed by atoms with Gasteiger partial charge in [-0.05, 0) is 55.9 Å². The van der Waals surface area contributed by atoms with Crippen molar-refractivity contribution in [1.29, 1.82) is 0 Å². The van der Waals surface area contributed by atoms with E-state index in [2.05, 4.69) is 41.3 Å². The summed E-state index contributed by atoms with van der Waals surface area (Å²) in [5, 5.41) is 25.8. The quantitative estimate of drug-likeness (QED) is 0.707. The van der Waals surface area contributed by atoms with Gasteiger partial charge in [0.25, 0.3) is 0 Å². The third kappa shape index (κ3) is 3.61. The Morgan fingerprint density at radius 1 is 1.26 bits per heavy atom. The average molecular weight is 384 g/mol. The van der Waals surface area contributed by atoms with Crippen LogP contribution in [0.25, 0.3) is 21.3 Å². The topological polar surface area (TPSA) is 74.2 Å². The van der Waals surface area contributed by atoms with Crippen molar-refractivity contribution < 1.29 is 5.11 Å². The molecule has 3 aromatic rings. The standard InChI is InChI=1S/C20H25N5OS/c1-12(2)17-18(15-6-7-16-14(19(15)26)8-10-27-16)23-24-20(22-17)21-13-5-4-9-25(3)11-13/h6-8,10,12-13,26H,4-5,9,11H2,1-3H3,(H,21,22,24)/t13-/m1/s1. The highest BCUT2D eigenvalue weighted by atomic mass is 32.1. The Morgan fingerprint density at radius 3 is 2.89 bits per heavy atom. The molecule has 3 heterocycles. The minimum Gasteiger partial charge on any atom is -0.507 e. The zero-order valence-corrected chi connectivity index (χ0v) is 16.8. The van der Waals surface area contributed by atoms with Gasteiger partial charge in [-0.3, -0.25) is 0 Å².